The zero-order valence-corrected chi connectivity index (χ0v) is 13.9. The Bertz CT molecular complexity index is 569. The number of rotatable bonds is 6. The topological polar surface area (TPSA) is 69.7 Å². The van der Waals surface area contributed by atoms with E-state index in [2.05, 4.69) is 5.32 Å². The van der Waals surface area contributed by atoms with E-state index in [0.29, 0.717) is 19.4 Å². The molecule has 120 valence electrons. The molecule has 1 saturated heterocycles. The molecule has 7 heteroatoms. The lowest BCUT2D eigenvalue weighted by atomic mass is 10.1. The van der Waals surface area contributed by atoms with Gasteiger partial charge in [0.15, 0.2) is 0 Å². The first-order valence-electron chi connectivity index (χ1n) is 7.20. The fourth-order valence-corrected chi connectivity index (χ4v) is 3.00. The van der Waals surface area contributed by atoms with Gasteiger partial charge in [0.2, 0.25) is 5.91 Å². The lowest BCUT2D eigenvalue weighted by Crippen LogP contribution is -2.40. The molecule has 0 unspecified atom stereocenters. The Morgan fingerprint density at radius 2 is 2.14 bits per heavy atom. The van der Waals surface area contributed by atoms with Gasteiger partial charge in [-0.3, -0.25) is 14.5 Å². The van der Waals surface area contributed by atoms with E-state index in [1.165, 1.54) is 4.90 Å². The maximum Gasteiger partial charge on any atom is 0.325 e. The summed E-state index contributed by atoms with van der Waals surface area (Å²) in [4.78, 5) is 38.6. The van der Waals surface area contributed by atoms with Gasteiger partial charge in [0.1, 0.15) is 5.54 Å². The summed E-state index contributed by atoms with van der Waals surface area (Å²) in [6, 6.07) is 1.61. The summed E-state index contributed by atoms with van der Waals surface area (Å²) in [6.45, 7) is 4.20. The van der Waals surface area contributed by atoms with E-state index in [9.17, 15) is 14.4 Å². The molecule has 0 spiro atoms. The van der Waals surface area contributed by atoms with Crippen LogP contribution in [0.15, 0.2) is 16.8 Å². The molecule has 2 rings (SSSR count). The van der Waals surface area contributed by atoms with Gasteiger partial charge in [-0.05, 0) is 42.7 Å². The minimum atomic E-state index is -0.850. The van der Waals surface area contributed by atoms with E-state index in [1.54, 1.807) is 37.1 Å². The summed E-state index contributed by atoms with van der Waals surface area (Å²) < 4.78 is 0. The highest BCUT2D eigenvalue weighted by molar-refractivity contribution is 7.07. The Labute approximate surface area is 134 Å². The van der Waals surface area contributed by atoms with Gasteiger partial charge in [-0.15, -0.1) is 0 Å². The van der Waals surface area contributed by atoms with Crippen LogP contribution in [-0.4, -0.2) is 46.8 Å². The quantitative estimate of drug-likeness (QED) is 0.812. The molecule has 1 N–H and O–H groups in total. The van der Waals surface area contributed by atoms with Gasteiger partial charge in [-0.2, -0.15) is 11.3 Å². The van der Waals surface area contributed by atoms with E-state index >= 15 is 0 Å². The molecular formula is C15H21N3O3S. The summed E-state index contributed by atoms with van der Waals surface area (Å²) in [5.41, 5.74) is 0.258. The molecule has 1 aliphatic rings. The van der Waals surface area contributed by atoms with Crippen molar-refractivity contribution in [3.8, 4) is 0 Å². The Morgan fingerprint density at radius 3 is 2.68 bits per heavy atom. The van der Waals surface area contributed by atoms with Crippen LogP contribution in [0.5, 0.6) is 0 Å². The predicted molar refractivity (Wildman–Crippen MR) is 84.4 cm³/mol. The van der Waals surface area contributed by atoms with Gasteiger partial charge in [0, 0.05) is 26.6 Å². The van der Waals surface area contributed by atoms with Gasteiger partial charge in [-0.1, -0.05) is 0 Å². The lowest BCUT2D eigenvalue weighted by Gasteiger charge is -2.18. The predicted octanol–water partition coefficient (Wildman–Crippen LogP) is 1.82. The maximum absolute atomic E-state index is 12.1. The minimum Gasteiger partial charge on any atom is -0.341 e. The molecule has 4 amide bonds. The van der Waals surface area contributed by atoms with Gasteiger partial charge < -0.3 is 10.2 Å². The van der Waals surface area contributed by atoms with Crippen molar-refractivity contribution in [1.29, 1.82) is 0 Å². The Balaban J connectivity index is 1.77. The number of imide groups is 1. The average molecular weight is 323 g/mol. The molecular weight excluding hydrogens is 302 g/mol. The molecule has 6 nitrogen and oxygen atoms in total. The summed E-state index contributed by atoms with van der Waals surface area (Å²) in [7, 11) is 1.76. The second-order valence-corrected chi connectivity index (χ2v) is 6.78. The lowest BCUT2D eigenvalue weighted by molar-refractivity contribution is -0.132. The first kappa shape index (κ1) is 16.5. The molecule has 0 saturated carbocycles. The number of carbonyl (C=O) groups is 3. The molecule has 1 aromatic heterocycles. The number of hydrogen-bond donors (Lipinski definition) is 1. The van der Waals surface area contributed by atoms with Crippen LogP contribution in [0, 0.1) is 0 Å². The third kappa shape index (κ3) is 3.65. The van der Waals surface area contributed by atoms with Crippen molar-refractivity contribution < 1.29 is 14.4 Å². The number of nitrogens with one attached hydrogen (secondary N) is 1. The van der Waals surface area contributed by atoms with Crippen LogP contribution in [0.3, 0.4) is 0 Å². The monoisotopic (exact) mass is 323 g/mol. The molecule has 0 aromatic carbocycles. The molecule has 2 heterocycles. The van der Waals surface area contributed by atoms with Crippen LogP contribution in [-0.2, 0) is 16.1 Å². The summed E-state index contributed by atoms with van der Waals surface area (Å²) in [5, 5.41) is 6.62. The Kier molecular flexibility index (Phi) is 4.85. The Hall–Kier alpha value is -1.89. The van der Waals surface area contributed by atoms with Crippen molar-refractivity contribution in [2.45, 2.75) is 38.8 Å². The number of urea groups is 1. The fraction of sp³-hybridized carbons (Fsp3) is 0.533. The normalized spacial score (nSPS) is 16.8. The highest BCUT2D eigenvalue weighted by Crippen LogP contribution is 2.17. The highest BCUT2D eigenvalue weighted by Gasteiger charge is 2.43. The molecule has 22 heavy (non-hydrogen) atoms. The maximum atomic E-state index is 12.1. The van der Waals surface area contributed by atoms with Crippen molar-refractivity contribution in [2.24, 2.45) is 0 Å². The van der Waals surface area contributed by atoms with Crippen molar-refractivity contribution >= 4 is 29.2 Å². The molecule has 1 aliphatic heterocycles. The average Bonchev–Trinajstić information content (AvgIpc) is 3.00. The molecule has 0 radical (unpaired) electrons. The fourth-order valence-electron chi connectivity index (χ4n) is 2.34. The number of amides is 4. The Morgan fingerprint density at radius 1 is 1.41 bits per heavy atom. The van der Waals surface area contributed by atoms with E-state index in [0.717, 1.165) is 5.56 Å². The molecule has 1 fully saturated rings. The van der Waals surface area contributed by atoms with Gasteiger partial charge in [0.25, 0.3) is 5.91 Å². The number of nitrogens with zero attached hydrogens (tertiary/aromatic N) is 2. The minimum absolute atomic E-state index is 0.0116. The number of hydrogen-bond acceptors (Lipinski definition) is 4. The van der Waals surface area contributed by atoms with Crippen LogP contribution in [0.4, 0.5) is 4.79 Å². The molecule has 1 aromatic rings. The SMILES string of the molecule is CN(Cc1ccsc1)C(=O)CCCN1C(=O)NC(C)(C)C1=O. The van der Waals surface area contributed by atoms with Crippen LogP contribution < -0.4 is 5.32 Å². The van der Waals surface area contributed by atoms with Crippen LogP contribution in [0.1, 0.15) is 32.3 Å². The first-order valence-corrected chi connectivity index (χ1v) is 8.14. The van der Waals surface area contributed by atoms with Crippen molar-refractivity contribution in [1.82, 2.24) is 15.1 Å². The number of thiophene rings is 1. The zero-order valence-electron chi connectivity index (χ0n) is 13.1. The van der Waals surface area contributed by atoms with Gasteiger partial charge in [-0.25, -0.2) is 4.79 Å². The smallest absolute Gasteiger partial charge is 0.325 e. The second kappa shape index (κ2) is 6.48. The molecule has 0 atom stereocenters. The zero-order chi connectivity index (χ0) is 16.3. The standard InChI is InChI=1S/C15H21N3O3S/c1-15(2)13(20)18(14(21)16-15)7-4-5-12(19)17(3)9-11-6-8-22-10-11/h6,8,10H,4-5,7,9H2,1-3H3,(H,16,21). The van der Waals surface area contributed by atoms with Gasteiger partial charge >= 0.3 is 6.03 Å². The molecule has 0 aliphatic carbocycles. The third-order valence-electron chi connectivity index (χ3n) is 3.64. The summed E-state index contributed by atoms with van der Waals surface area (Å²) in [6.07, 6.45) is 0.792. The van der Waals surface area contributed by atoms with E-state index in [4.69, 9.17) is 0 Å². The molecule has 0 bridgehead atoms. The van der Waals surface area contributed by atoms with Crippen molar-refractivity contribution in [3.63, 3.8) is 0 Å². The van der Waals surface area contributed by atoms with Crippen LogP contribution in [0.2, 0.25) is 0 Å². The summed E-state index contributed by atoms with van der Waals surface area (Å²) >= 11 is 1.60. The van der Waals surface area contributed by atoms with E-state index in [-0.39, 0.29) is 24.4 Å². The first-order chi connectivity index (χ1) is 10.3. The van der Waals surface area contributed by atoms with E-state index < -0.39 is 5.54 Å². The summed E-state index contributed by atoms with van der Waals surface area (Å²) in [5.74, 6) is -0.228. The highest BCUT2D eigenvalue weighted by atomic mass is 32.1. The second-order valence-electron chi connectivity index (χ2n) is 6.00. The third-order valence-corrected chi connectivity index (χ3v) is 4.37. The van der Waals surface area contributed by atoms with Crippen LogP contribution in [0.25, 0.3) is 0 Å². The number of carbonyl (C=O) groups excluding carboxylic acids is 3. The van der Waals surface area contributed by atoms with Crippen molar-refractivity contribution in [3.05, 3.63) is 22.4 Å². The van der Waals surface area contributed by atoms with Crippen LogP contribution >= 0.6 is 11.3 Å². The van der Waals surface area contributed by atoms with Crippen molar-refractivity contribution in [2.75, 3.05) is 13.6 Å². The van der Waals surface area contributed by atoms with Gasteiger partial charge in [0.05, 0.1) is 0 Å². The van der Waals surface area contributed by atoms with E-state index in [1.807, 2.05) is 16.8 Å². The largest absolute Gasteiger partial charge is 0.341 e.